The Labute approximate surface area is 429 Å². The van der Waals surface area contributed by atoms with E-state index in [-0.39, 0.29) is 50.8 Å². The smallest absolute Gasteiger partial charge is 0.331 e. The van der Waals surface area contributed by atoms with Crippen molar-refractivity contribution in [1.82, 2.24) is 9.80 Å². The van der Waals surface area contributed by atoms with Gasteiger partial charge in [0.2, 0.25) is 0 Å². The zero-order valence-corrected chi connectivity index (χ0v) is 42.4. The molecule has 4 aliphatic rings. The molecule has 2 heterocycles. The third-order valence-electron chi connectivity index (χ3n) is 9.75. The number of ether oxygens (including phenoxy) is 5. The van der Waals surface area contributed by atoms with Crippen molar-refractivity contribution in [3.05, 3.63) is 124 Å². The monoisotopic (exact) mass is 989 g/mol. The normalized spacial score (nSPS) is 15.8. The van der Waals surface area contributed by atoms with Crippen LogP contribution >= 0.6 is 0 Å². The quantitative estimate of drug-likeness (QED) is 0.0981. The maximum absolute atomic E-state index is 12.2. The molecule has 388 valence electrons. The lowest BCUT2D eigenvalue weighted by Gasteiger charge is -2.30. The summed E-state index contributed by atoms with van der Waals surface area (Å²) >= 11 is 0. The van der Waals surface area contributed by atoms with E-state index in [2.05, 4.69) is 106 Å². The standard InChI is InChI=1S/C22H31NO5.C13H4.C11H19NO2.C11H14O4.2CH4/c1-16(2)23(17(3)4)20(24)10-8-18(5)28-21(25)11-9-19-7-6-12-22(15-19)26-13-14-27-22;1-3-5-7-9-11-13-12-10-8-6-4-2;1-8(2)12(9(3)4)11(14)7-6-10(5)13;12-10(13)4-3-9-2-1-5-11(8-9)14-6-7-15-11;;/h7,9,11,16-18H,6,12-15H2,1-5H3;1-2H2;8-10,13H,1-5H3;2-4H,1,5-8H2,(H,12,13);2*1H4/b11-9+;;;4-3+;;/t18-;;10-;;;/m1.1.../s1. The van der Waals surface area contributed by atoms with Gasteiger partial charge in [0.15, 0.2) is 17.7 Å². The number of carbonyl (C=O) groups excluding carboxylic acids is 3. The van der Waals surface area contributed by atoms with Crippen molar-refractivity contribution >= 4 is 23.8 Å². The number of carboxylic acids is 1. The average Bonchev–Trinajstić information content (AvgIpc) is 3.95. The zero-order chi connectivity index (χ0) is 52.5. The SMILES string of the molecule is C.C.C=C=C=C=C=C=C=C=C=C=C=C=C.CC(C)N(C(=O)C#C[C@@H](C)O)C(C)C.CC(C)N(C(=O)C#C[C@@H](C)OC(=O)/C=C/C1=CCCC2(C1)OCCO2)C(C)C.O=C(O)/C=C/C1=CCCC2(C1)OCCO2. The number of aliphatic hydroxyl groups excluding tert-OH is 1. The van der Waals surface area contributed by atoms with Gasteiger partial charge in [-0.1, -0.05) is 56.5 Å². The largest absolute Gasteiger partial charge is 0.478 e. The highest BCUT2D eigenvalue weighted by Gasteiger charge is 2.39. The van der Waals surface area contributed by atoms with Gasteiger partial charge in [0.1, 0.15) is 6.10 Å². The van der Waals surface area contributed by atoms with Crippen molar-refractivity contribution in [2.45, 2.75) is 171 Å². The number of rotatable bonds is 9. The van der Waals surface area contributed by atoms with Crippen LogP contribution in [0.15, 0.2) is 124 Å². The predicted molar refractivity (Wildman–Crippen MR) is 279 cm³/mol. The van der Waals surface area contributed by atoms with Crippen LogP contribution in [0.4, 0.5) is 0 Å². The van der Waals surface area contributed by atoms with E-state index >= 15 is 0 Å². The minimum absolute atomic E-state index is 0. The molecule has 13 nitrogen and oxygen atoms in total. The molecule has 2 amide bonds. The first kappa shape index (κ1) is 67.2. The van der Waals surface area contributed by atoms with Gasteiger partial charge in [-0.25, -0.2) is 9.59 Å². The van der Waals surface area contributed by atoms with Crippen LogP contribution in [-0.2, 0) is 42.9 Å². The minimum atomic E-state index is -0.927. The minimum Gasteiger partial charge on any atom is -0.478 e. The third kappa shape index (κ3) is 28.1. The lowest BCUT2D eigenvalue weighted by Crippen LogP contribution is -2.41. The average molecular weight is 989 g/mol. The second-order valence-electron chi connectivity index (χ2n) is 16.8. The van der Waals surface area contributed by atoms with E-state index < -0.39 is 35.7 Å². The lowest BCUT2D eigenvalue weighted by molar-refractivity contribution is -0.162. The van der Waals surface area contributed by atoms with Crippen LogP contribution < -0.4 is 0 Å². The number of hydrogen-bond donors (Lipinski definition) is 2. The fraction of sp³-hybridized carbons (Fsp3) is 0.508. The van der Waals surface area contributed by atoms with E-state index in [1.807, 2.05) is 61.5 Å². The summed E-state index contributed by atoms with van der Waals surface area (Å²) < 4.78 is 27.8. The molecule has 2 spiro atoms. The predicted octanol–water partition coefficient (Wildman–Crippen LogP) is 9.25. The van der Waals surface area contributed by atoms with Crippen molar-refractivity contribution < 1.29 is 53.1 Å². The third-order valence-corrected chi connectivity index (χ3v) is 9.75. The van der Waals surface area contributed by atoms with E-state index in [0.717, 1.165) is 42.9 Å². The summed E-state index contributed by atoms with van der Waals surface area (Å²) in [5, 5.41) is 17.4. The van der Waals surface area contributed by atoms with Gasteiger partial charge < -0.3 is 43.7 Å². The van der Waals surface area contributed by atoms with E-state index in [4.69, 9.17) is 33.9 Å². The summed E-state index contributed by atoms with van der Waals surface area (Å²) in [7, 11) is 0. The molecule has 0 aromatic carbocycles. The summed E-state index contributed by atoms with van der Waals surface area (Å²) in [6, 6.07) is 0.376. The van der Waals surface area contributed by atoms with Gasteiger partial charge in [0.25, 0.3) is 11.8 Å². The number of aliphatic hydroxyl groups is 1. The number of amides is 2. The summed E-state index contributed by atoms with van der Waals surface area (Å²) in [4.78, 5) is 49.6. The molecule has 0 radical (unpaired) electrons. The Kier molecular flexibility index (Phi) is 34.5. The number of nitrogens with zero attached hydrogens (tertiary/aromatic N) is 2. The zero-order valence-electron chi connectivity index (χ0n) is 42.4. The molecule has 0 bridgehead atoms. The molecule has 2 atom stereocenters. The molecular weight excluding hydrogens is 913 g/mol. The summed E-state index contributed by atoms with van der Waals surface area (Å²) in [6.07, 6.45) is 13.3. The van der Waals surface area contributed by atoms with Gasteiger partial charge >= 0.3 is 11.9 Å². The summed E-state index contributed by atoms with van der Waals surface area (Å²) in [5.74, 6) is 7.25. The van der Waals surface area contributed by atoms with E-state index in [9.17, 15) is 19.2 Å². The second kappa shape index (κ2) is 36.9. The van der Waals surface area contributed by atoms with Gasteiger partial charge in [-0.2, -0.15) is 0 Å². The van der Waals surface area contributed by atoms with Gasteiger partial charge in [-0.05, 0) is 176 Å². The highest BCUT2D eigenvalue weighted by Crippen LogP contribution is 2.37. The molecule has 2 aliphatic heterocycles. The van der Waals surface area contributed by atoms with Crippen LogP contribution in [0.5, 0.6) is 0 Å². The van der Waals surface area contributed by atoms with Crippen molar-refractivity contribution in [2.75, 3.05) is 26.4 Å². The number of aliphatic carboxylic acids is 1. The highest BCUT2D eigenvalue weighted by molar-refractivity contribution is 5.94. The fourth-order valence-corrected chi connectivity index (χ4v) is 7.13. The fourth-order valence-electron chi connectivity index (χ4n) is 7.13. The van der Waals surface area contributed by atoms with E-state index in [1.54, 1.807) is 28.9 Å². The molecular formula is C59H76N2O11. The number of hydrogen-bond acceptors (Lipinski definition) is 10. The second-order valence-corrected chi connectivity index (χ2v) is 16.8. The van der Waals surface area contributed by atoms with Crippen LogP contribution in [-0.4, -0.2) is 118 Å². The number of carbonyl (C=O) groups is 4. The maximum Gasteiger partial charge on any atom is 0.331 e. The highest BCUT2D eigenvalue weighted by atomic mass is 16.7. The molecule has 2 saturated heterocycles. The molecule has 13 heteroatoms. The first-order chi connectivity index (χ1) is 33.2. The number of esters is 1. The van der Waals surface area contributed by atoms with Crippen LogP contribution in [0.1, 0.15) is 123 Å². The van der Waals surface area contributed by atoms with Crippen LogP contribution in [0.25, 0.3) is 0 Å². The van der Waals surface area contributed by atoms with Crippen molar-refractivity contribution in [1.29, 1.82) is 0 Å². The molecule has 0 unspecified atom stereocenters. The summed E-state index contributed by atoms with van der Waals surface area (Å²) in [5.41, 5.74) is 28.9. The summed E-state index contributed by atoms with van der Waals surface area (Å²) in [6.45, 7) is 27.8. The topological polar surface area (TPSA) is 161 Å². The molecule has 2 fully saturated rings. The molecule has 0 saturated carbocycles. The molecule has 0 aromatic heterocycles. The molecule has 2 aliphatic carbocycles. The van der Waals surface area contributed by atoms with E-state index in [0.29, 0.717) is 39.3 Å². The number of allylic oxidation sites excluding steroid dienone is 4. The molecule has 72 heavy (non-hydrogen) atoms. The van der Waals surface area contributed by atoms with Crippen molar-refractivity contribution in [3.8, 4) is 23.7 Å². The Morgan fingerprint density at radius 2 is 0.944 bits per heavy atom. The first-order valence-corrected chi connectivity index (χ1v) is 23.1. The van der Waals surface area contributed by atoms with Crippen LogP contribution in [0, 0.1) is 23.7 Å². The maximum atomic E-state index is 12.2. The van der Waals surface area contributed by atoms with Gasteiger partial charge in [0.05, 0.1) is 26.4 Å². The van der Waals surface area contributed by atoms with Gasteiger partial charge in [0, 0.05) is 62.0 Å². The molecule has 2 N–H and O–H groups in total. The van der Waals surface area contributed by atoms with Crippen LogP contribution in [0.3, 0.4) is 0 Å². The van der Waals surface area contributed by atoms with Crippen LogP contribution in [0.2, 0.25) is 0 Å². The Bertz CT molecular complexity index is 2420. The lowest BCUT2D eigenvalue weighted by atomic mass is 9.93. The van der Waals surface area contributed by atoms with Crippen molar-refractivity contribution in [2.24, 2.45) is 0 Å². The van der Waals surface area contributed by atoms with Crippen molar-refractivity contribution in [3.63, 3.8) is 0 Å². The first-order valence-electron chi connectivity index (χ1n) is 23.1. The Morgan fingerprint density at radius 1 is 0.597 bits per heavy atom. The molecule has 0 aromatic rings. The number of carboxylic acid groups (broad SMARTS) is 1. The van der Waals surface area contributed by atoms with Gasteiger partial charge in [-0.15, -0.1) is 0 Å². The Morgan fingerprint density at radius 3 is 1.28 bits per heavy atom. The Balaban J connectivity index is 0. The van der Waals surface area contributed by atoms with E-state index in [1.165, 1.54) is 13.0 Å². The Hall–Kier alpha value is -6.92. The van der Waals surface area contributed by atoms with Gasteiger partial charge in [-0.3, -0.25) is 9.59 Å². The molecule has 4 rings (SSSR count).